The highest BCUT2D eigenvalue weighted by Gasteiger charge is 2.45. The smallest absolute Gasteiger partial charge is 0.264 e. The summed E-state index contributed by atoms with van der Waals surface area (Å²) in [6.07, 6.45) is 0.243. The van der Waals surface area contributed by atoms with Crippen molar-refractivity contribution in [1.82, 2.24) is 15.2 Å². The van der Waals surface area contributed by atoms with Crippen LogP contribution in [0.1, 0.15) is 39.3 Å². The minimum absolute atomic E-state index is 0.101. The first-order valence-electron chi connectivity index (χ1n) is 7.21. The molecular formula is C15H16N4O4. The van der Waals surface area contributed by atoms with Crippen molar-refractivity contribution in [2.75, 3.05) is 19.0 Å². The third kappa shape index (κ3) is 2.26. The molecule has 1 aromatic heterocycles. The molecule has 0 bridgehead atoms. The molecule has 1 atom stereocenters. The van der Waals surface area contributed by atoms with Crippen LogP contribution in [0.2, 0.25) is 0 Å². The summed E-state index contributed by atoms with van der Waals surface area (Å²) in [6.45, 7) is 1.66. The van der Waals surface area contributed by atoms with E-state index in [9.17, 15) is 19.2 Å². The van der Waals surface area contributed by atoms with Crippen LogP contribution in [0.4, 0.5) is 5.82 Å². The molecule has 0 aliphatic carbocycles. The minimum atomic E-state index is -0.956. The van der Waals surface area contributed by atoms with Crippen LogP contribution < -0.4 is 10.2 Å². The average Bonchev–Trinajstić information content (AvgIpc) is 2.72. The van der Waals surface area contributed by atoms with Crippen LogP contribution >= 0.6 is 0 Å². The summed E-state index contributed by atoms with van der Waals surface area (Å²) in [5.41, 5.74) is 0.917. The van der Waals surface area contributed by atoms with Crippen molar-refractivity contribution in [1.29, 1.82) is 0 Å². The maximum atomic E-state index is 12.7. The second-order valence-electron chi connectivity index (χ2n) is 5.83. The van der Waals surface area contributed by atoms with E-state index < -0.39 is 29.7 Å². The van der Waals surface area contributed by atoms with Gasteiger partial charge in [-0.25, -0.2) is 4.98 Å². The Hall–Kier alpha value is -2.77. The largest absolute Gasteiger partial charge is 0.363 e. The molecule has 3 rings (SSSR count). The number of amides is 4. The number of fused-ring (bicyclic) bond motifs is 1. The molecule has 2 aliphatic heterocycles. The number of nitrogens with one attached hydrogen (secondary N) is 1. The van der Waals surface area contributed by atoms with Gasteiger partial charge in [0.2, 0.25) is 11.8 Å². The third-order valence-electron chi connectivity index (χ3n) is 4.05. The van der Waals surface area contributed by atoms with Gasteiger partial charge in [0.15, 0.2) is 0 Å². The van der Waals surface area contributed by atoms with Gasteiger partial charge in [0.25, 0.3) is 11.8 Å². The Morgan fingerprint density at radius 3 is 2.52 bits per heavy atom. The lowest BCUT2D eigenvalue weighted by molar-refractivity contribution is -0.136. The van der Waals surface area contributed by atoms with Crippen LogP contribution in [0.3, 0.4) is 0 Å². The molecule has 2 aliphatic rings. The van der Waals surface area contributed by atoms with Crippen LogP contribution in [-0.2, 0) is 9.59 Å². The third-order valence-corrected chi connectivity index (χ3v) is 4.05. The molecule has 4 amide bonds. The highest BCUT2D eigenvalue weighted by Crippen LogP contribution is 2.30. The number of aromatic nitrogens is 1. The van der Waals surface area contributed by atoms with Crippen molar-refractivity contribution < 1.29 is 19.2 Å². The van der Waals surface area contributed by atoms with E-state index in [0.29, 0.717) is 11.5 Å². The Bertz CT molecular complexity index is 756. The van der Waals surface area contributed by atoms with Crippen LogP contribution in [0, 0.1) is 6.92 Å². The highest BCUT2D eigenvalue weighted by molar-refractivity contribution is 6.24. The number of pyridine rings is 1. The first kappa shape index (κ1) is 15.1. The minimum Gasteiger partial charge on any atom is -0.363 e. The molecule has 0 aromatic carbocycles. The number of carbonyl (C=O) groups excluding carboxylic acids is 4. The standard InChI is InChI=1S/C15H16N4O4/c1-7-12-8(6-10(16-7)18(2)3)14(22)19(15(12)23)9-4-5-11(20)17-13(9)21/h6,9H,4-5H2,1-3H3,(H,17,20,21). The van der Waals surface area contributed by atoms with Crippen molar-refractivity contribution in [2.45, 2.75) is 25.8 Å². The first-order valence-corrected chi connectivity index (χ1v) is 7.21. The molecule has 1 fully saturated rings. The van der Waals surface area contributed by atoms with E-state index in [0.717, 1.165) is 4.90 Å². The van der Waals surface area contributed by atoms with E-state index in [1.165, 1.54) is 0 Å². The lowest BCUT2D eigenvalue weighted by Crippen LogP contribution is -2.54. The lowest BCUT2D eigenvalue weighted by atomic mass is 10.0. The molecule has 1 aromatic rings. The monoisotopic (exact) mass is 316 g/mol. The maximum Gasteiger partial charge on any atom is 0.264 e. The summed E-state index contributed by atoms with van der Waals surface area (Å²) in [6, 6.07) is 0.594. The fourth-order valence-electron chi connectivity index (χ4n) is 2.88. The van der Waals surface area contributed by atoms with E-state index in [2.05, 4.69) is 10.3 Å². The first-order chi connectivity index (χ1) is 10.8. The van der Waals surface area contributed by atoms with Crippen LogP contribution in [-0.4, -0.2) is 53.6 Å². The molecule has 0 saturated carbocycles. The molecule has 1 saturated heterocycles. The Labute approximate surface area is 132 Å². The number of anilines is 1. The summed E-state index contributed by atoms with van der Waals surface area (Å²) in [7, 11) is 3.57. The summed E-state index contributed by atoms with van der Waals surface area (Å²) in [4.78, 5) is 55.5. The molecule has 3 heterocycles. The van der Waals surface area contributed by atoms with Gasteiger partial charge in [-0.1, -0.05) is 0 Å². The van der Waals surface area contributed by atoms with Crippen molar-refractivity contribution >= 4 is 29.4 Å². The van der Waals surface area contributed by atoms with Crippen LogP contribution in [0.15, 0.2) is 6.07 Å². The lowest BCUT2D eigenvalue weighted by Gasteiger charge is -2.27. The van der Waals surface area contributed by atoms with Gasteiger partial charge in [-0.2, -0.15) is 0 Å². The molecular weight excluding hydrogens is 300 g/mol. The summed E-state index contributed by atoms with van der Waals surface area (Å²) < 4.78 is 0. The van der Waals surface area contributed by atoms with Gasteiger partial charge in [-0.3, -0.25) is 29.4 Å². The highest BCUT2D eigenvalue weighted by atomic mass is 16.2. The average molecular weight is 316 g/mol. The zero-order chi connectivity index (χ0) is 16.9. The van der Waals surface area contributed by atoms with E-state index in [1.54, 1.807) is 32.0 Å². The van der Waals surface area contributed by atoms with Gasteiger partial charge in [-0.15, -0.1) is 0 Å². The second kappa shape index (κ2) is 5.15. The van der Waals surface area contributed by atoms with Crippen molar-refractivity contribution in [3.05, 3.63) is 22.9 Å². The number of piperidine rings is 1. The number of hydrogen-bond acceptors (Lipinski definition) is 6. The topological polar surface area (TPSA) is 99.7 Å². The van der Waals surface area contributed by atoms with Crippen molar-refractivity contribution in [2.24, 2.45) is 0 Å². The number of hydrogen-bond donors (Lipinski definition) is 1. The van der Waals surface area contributed by atoms with Crippen molar-refractivity contribution in [3.8, 4) is 0 Å². The zero-order valence-electron chi connectivity index (χ0n) is 13.0. The summed E-state index contributed by atoms with van der Waals surface area (Å²) >= 11 is 0. The molecule has 0 spiro atoms. The molecule has 0 radical (unpaired) electrons. The van der Waals surface area contributed by atoms with Gasteiger partial charge < -0.3 is 4.90 Å². The SMILES string of the molecule is Cc1nc(N(C)C)cc2c1C(=O)N(C1CCC(=O)NC1=O)C2=O. The molecule has 120 valence electrons. The van der Waals surface area contributed by atoms with Crippen LogP contribution in [0.5, 0.6) is 0 Å². The van der Waals surface area contributed by atoms with Gasteiger partial charge >= 0.3 is 0 Å². The predicted molar refractivity (Wildman–Crippen MR) is 80.0 cm³/mol. The second-order valence-corrected chi connectivity index (χ2v) is 5.83. The van der Waals surface area contributed by atoms with Crippen LogP contribution in [0.25, 0.3) is 0 Å². The summed E-state index contributed by atoms with van der Waals surface area (Å²) in [5.74, 6) is -1.50. The van der Waals surface area contributed by atoms with Gasteiger partial charge in [0, 0.05) is 20.5 Å². The normalized spacial score (nSPS) is 20.7. The predicted octanol–water partition coefficient (Wildman–Crippen LogP) is -0.143. The fraction of sp³-hybridized carbons (Fsp3) is 0.400. The van der Waals surface area contributed by atoms with Crippen molar-refractivity contribution in [3.63, 3.8) is 0 Å². The number of aryl methyl sites for hydroxylation is 1. The number of imide groups is 2. The van der Waals surface area contributed by atoms with Gasteiger partial charge in [0.05, 0.1) is 16.8 Å². The molecule has 1 unspecified atom stereocenters. The number of rotatable bonds is 2. The number of carbonyl (C=O) groups is 4. The van der Waals surface area contributed by atoms with E-state index in [1.807, 2.05) is 0 Å². The quantitative estimate of drug-likeness (QED) is 0.762. The van der Waals surface area contributed by atoms with Gasteiger partial charge in [-0.05, 0) is 19.4 Å². The Balaban J connectivity index is 2.02. The molecule has 8 heteroatoms. The van der Waals surface area contributed by atoms with E-state index >= 15 is 0 Å². The molecule has 23 heavy (non-hydrogen) atoms. The zero-order valence-corrected chi connectivity index (χ0v) is 13.0. The van der Waals surface area contributed by atoms with E-state index in [-0.39, 0.29) is 24.0 Å². The Morgan fingerprint density at radius 1 is 1.22 bits per heavy atom. The molecule has 8 nitrogen and oxygen atoms in total. The summed E-state index contributed by atoms with van der Waals surface area (Å²) in [5, 5.41) is 2.17. The number of nitrogens with zero attached hydrogens (tertiary/aromatic N) is 3. The maximum absolute atomic E-state index is 12.7. The van der Waals surface area contributed by atoms with E-state index in [4.69, 9.17) is 0 Å². The fourth-order valence-corrected chi connectivity index (χ4v) is 2.88. The molecule has 1 N–H and O–H groups in total. The van der Waals surface area contributed by atoms with Gasteiger partial charge in [0.1, 0.15) is 11.9 Å². The Morgan fingerprint density at radius 2 is 1.91 bits per heavy atom. The Kier molecular flexibility index (Phi) is 3.39.